The first-order valence-electron chi connectivity index (χ1n) is 9.36. The number of ketones is 2. The second kappa shape index (κ2) is 7.09. The molecule has 0 spiro atoms. The Morgan fingerprint density at radius 2 is 1.62 bits per heavy atom. The van der Waals surface area contributed by atoms with E-state index in [0.29, 0.717) is 28.3 Å². The lowest BCUT2D eigenvalue weighted by molar-refractivity contribution is -0.122. The zero-order chi connectivity index (χ0) is 20.6. The van der Waals surface area contributed by atoms with Crippen molar-refractivity contribution in [1.82, 2.24) is 20.5 Å². The number of nitrogens with one attached hydrogen (secondary N) is 2. The largest absolute Gasteiger partial charge is 0.346 e. The number of aryl methyl sites for hydroxylation is 1. The van der Waals surface area contributed by atoms with Gasteiger partial charge < -0.3 is 5.32 Å². The van der Waals surface area contributed by atoms with Crippen LogP contribution < -0.4 is 5.32 Å². The van der Waals surface area contributed by atoms with E-state index in [1.165, 1.54) is 0 Å². The Bertz CT molecular complexity index is 1070. The van der Waals surface area contributed by atoms with Crippen molar-refractivity contribution in [1.29, 1.82) is 0 Å². The number of carbonyl (C=O) groups excluding carboxylic acids is 3. The number of Topliss-reactive ketones (excluding diaryl/α,β-unsaturated/α-hetero) is 2. The van der Waals surface area contributed by atoms with Crippen LogP contribution in [0.4, 0.5) is 0 Å². The molecule has 0 aliphatic heterocycles. The molecule has 1 heterocycles. The van der Waals surface area contributed by atoms with Crippen LogP contribution in [-0.2, 0) is 10.2 Å². The molecule has 1 atom stereocenters. The van der Waals surface area contributed by atoms with Gasteiger partial charge in [0.05, 0.1) is 12.5 Å². The third kappa shape index (κ3) is 3.04. The summed E-state index contributed by atoms with van der Waals surface area (Å²) >= 11 is 0. The van der Waals surface area contributed by atoms with Gasteiger partial charge in [-0.15, -0.1) is 0 Å². The average Bonchev–Trinajstić information content (AvgIpc) is 3.25. The maximum Gasteiger partial charge on any atom is 0.222 e. The number of fused-ring (bicyclic) bond motifs is 1. The molecule has 2 N–H and O–H groups in total. The van der Waals surface area contributed by atoms with Gasteiger partial charge in [0.25, 0.3) is 0 Å². The standard InChI is InChI=1S/C22H20N4O3/c1-13(21-24-14(2)25-26-21)23-18(27)12-22(15-8-4-3-5-9-15)19(28)16-10-6-7-11-17(16)20(22)29/h3-11,13H,12H2,1-2H3,(H,23,27)(H,24,25,26). The molecule has 1 aliphatic carbocycles. The first kappa shape index (κ1) is 18.7. The fraction of sp³-hybridized carbons (Fsp3) is 0.227. The Balaban J connectivity index is 1.69. The summed E-state index contributed by atoms with van der Waals surface area (Å²) in [7, 11) is 0. The fourth-order valence-corrected chi connectivity index (χ4v) is 3.84. The van der Waals surface area contributed by atoms with Crippen LogP contribution in [0.3, 0.4) is 0 Å². The first-order chi connectivity index (χ1) is 13.9. The van der Waals surface area contributed by atoms with Crippen LogP contribution >= 0.6 is 0 Å². The van der Waals surface area contributed by atoms with Crippen molar-refractivity contribution in [2.75, 3.05) is 0 Å². The van der Waals surface area contributed by atoms with E-state index in [1.807, 2.05) is 6.07 Å². The molecule has 7 nitrogen and oxygen atoms in total. The third-order valence-electron chi connectivity index (χ3n) is 5.26. The van der Waals surface area contributed by atoms with Gasteiger partial charge in [0.2, 0.25) is 5.91 Å². The van der Waals surface area contributed by atoms with Crippen molar-refractivity contribution in [3.63, 3.8) is 0 Å². The second-order valence-corrected chi connectivity index (χ2v) is 7.22. The highest BCUT2D eigenvalue weighted by molar-refractivity contribution is 6.34. The minimum absolute atomic E-state index is 0.281. The Hall–Kier alpha value is -3.61. The molecule has 0 saturated carbocycles. The number of carbonyl (C=O) groups is 3. The summed E-state index contributed by atoms with van der Waals surface area (Å²) in [5.41, 5.74) is -0.342. The number of rotatable bonds is 5. The van der Waals surface area contributed by atoms with Gasteiger partial charge in [-0.2, -0.15) is 5.10 Å². The van der Waals surface area contributed by atoms with Crippen molar-refractivity contribution in [2.24, 2.45) is 0 Å². The van der Waals surface area contributed by atoms with Gasteiger partial charge in [-0.3, -0.25) is 19.5 Å². The van der Waals surface area contributed by atoms with Crippen molar-refractivity contribution in [2.45, 2.75) is 31.7 Å². The number of amides is 1. The summed E-state index contributed by atoms with van der Waals surface area (Å²) in [6.07, 6.45) is -0.281. The number of hydrogen-bond acceptors (Lipinski definition) is 5. The Kier molecular flexibility index (Phi) is 4.58. The summed E-state index contributed by atoms with van der Waals surface area (Å²) in [4.78, 5) is 43.9. The number of aromatic nitrogens is 3. The van der Waals surface area contributed by atoms with E-state index < -0.39 is 17.4 Å². The zero-order valence-electron chi connectivity index (χ0n) is 16.1. The topological polar surface area (TPSA) is 105 Å². The predicted octanol–water partition coefficient (Wildman–Crippen LogP) is 2.70. The van der Waals surface area contributed by atoms with Gasteiger partial charge in [-0.05, 0) is 19.4 Å². The lowest BCUT2D eigenvalue weighted by Crippen LogP contribution is -2.43. The van der Waals surface area contributed by atoms with Crippen LogP contribution in [0.1, 0.15) is 57.3 Å². The van der Waals surface area contributed by atoms with Crippen molar-refractivity contribution < 1.29 is 14.4 Å². The van der Waals surface area contributed by atoms with Crippen LogP contribution in [-0.4, -0.2) is 32.7 Å². The second-order valence-electron chi connectivity index (χ2n) is 7.22. The molecule has 1 aromatic heterocycles. The molecular weight excluding hydrogens is 368 g/mol. The van der Waals surface area contributed by atoms with E-state index in [4.69, 9.17) is 0 Å². The maximum absolute atomic E-state index is 13.4. The minimum atomic E-state index is -1.57. The highest BCUT2D eigenvalue weighted by Gasteiger charge is 2.55. The van der Waals surface area contributed by atoms with E-state index in [1.54, 1.807) is 62.4 Å². The van der Waals surface area contributed by atoms with Gasteiger partial charge in [0, 0.05) is 11.1 Å². The molecule has 0 fully saturated rings. The van der Waals surface area contributed by atoms with Crippen LogP contribution in [0.2, 0.25) is 0 Å². The summed E-state index contributed by atoms with van der Waals surface area (Å²) in [5.74, 6) is -0.0320. The Morgan fingerprint density at radius 1 is 1.03 bits per heavy atom. The molecule has 29 heavy (non-hydrogen) atoms. The molecule has 3 aromatic rings. The smallest absolute Gasteiger partial charge is 0.222 e. The minimum Gasteiger partial charge on any atom is -0.346 e. The normalized spacial score (nSPS) is 15.8. The lowest BCUT2D eigenvalue weighted by atomic mass is 9.73. The number of hydrogen-bond donors (Lipinski definition) is 2. The van der Waals surface area contributed by atoms with Gasteiger partial charge >= 0.3 is 0 Å². The molecule has 1 unspecified atom stereocenters. The molecule has 0 bridgehead atoms. The van der Waals surface area contributed by atoms with Gasteiger partial charge in [-0.25, -0.2) is 4.98 Å². The molecule has 7 heteroatoms. The summed E-state index contributed by atoms with van der Waals surface area (Å²) < 4.78 is 0. The monoisotopic (exact) mass is 388 g/mol. The predicted molar refractivity (Wildman–Crippen MR) is 106 cm³/mol. The fourth-order valence-electron chi connectivity index (χ4n) is 3.84. The number of nitrogens with zero attached hydrogens (tertiary/aromatic N) is 2. The summed E-state index contributed by atoms with van der Waals surface area (Å²) in [6.45, 7) is 3.52. The van der Waals surface area contributed by atoms with Crippen LogP contribution in [0.25, 0.3) is 0 Å². The highest BCUT2D eigenvalue weighted by Crippen LogP contribution is 2.42. The molecule has 1 amide bonds. The highest BCUT2D eigenvalue weighted by atomic mass is 16.2. The van der Waals surface area contributed by atoms with E-state index in [2.05, 4.69) is 20.5 Å². The van der Waals surface area contributed by atoms with Crippen LogP contribution in [0.15, 0.2) is 54.6 Å². The number of aromatic amines is 1. The zero-order valence-corrected chi connectivity index (χ0v) is 16.1. The van der Waals surface area contributed by atoms with E-state index in [9.17, 15) is 14.4 Å². The van der Waals surface area contributed by atoms with Gasteiger partial charge in [0.15, 0.2) is 17.4 Å². The molecule has 2 aromatic carbocycles. The molecule has 0 saturated heterocycles. The van der Waals surface area contributed by atoms with E-state index >= 15 is 0 Å². The van der Waals surface area contributed by atoms with E-state index in [0.717, 1.165) is 0 Å². The first-order valence-corrected chi connectivity index (χ1v) is 9.36. The van der Waals surface area contributed by atoms with Crippen molar-refractivity contribution in [3.05, 3.63) is 82.9 Å². The quantitative estimate of drug-likeness (QED) is 0.654. The molecule has 146 valence electrons. The molecule has 0 radical (unpaired) electrons. The third-order valence-corrected chi connectivity index (χ3v) is 5.26. The Labute approximate surface area is 167 Å². The van der Waals surface area contributed by atoms with Gasteiger partial charge in [0.1, 0.15) is 11.2 Å². The molecule has 1 aliphatic rings. The molecule has 4 rings (SSSR count). The average molecular weight is 388 g/mol. The number of H-pyrrole nitrogens is 1. The number of benzene rings is 2. The van der Waals surface area contributed by atoms with Gasteiger partial charge in [-0.1, -0.05) is 54.6 Å². The van der Waals surface area contributed by atoms with Crippen LogP contribution in [0.5, 0.6) is 0 Å². The van der Waals surface area contributed by atoms with Crippen LogP contribution in [0, 0.1) is 6.92 Å². The SMILES string of the molecule is Cc1nc(C(C)NC(=O)CC2(c3ccccc3)C(=O)c3ccccc3C2=O)n[nH]1. The van der Waals surface area contributed by atoms with Crippen molar-refractivity contribution >= 4 is 17.5 Å². The summed E-state index contributed by atoms with van der Waals surface area (Å²) in [6, 6.07) is 15.0. The lowest BCUT2D eigenvalue weighted by Gasteiger charge is -2.26. The maximum atomic E-state index is 13.4. The summed E-state index contributed by atoms with van der Waals surface area (Å²) in [5, 5.41) is 9.60. The van der Waals surface area contributed by atoms with Crippen molar-refractivity contribution in [3.8, 4) is 0 Å². The Morgan fingerprint density at radius 3 is 2.17 bits per heavy atom. The van der Waals surface area contributed by atoms with E-state index in [-0.39, 0.29) is 18.0 Å². The molecular formula is C22H20N4O3.